The molecule has 0 aliphatic rings. The van der Waals surface area contributed by atoms with Gasteiger partial charge >= 0.3 is 0 Å². The maximum atomic E-state index is 11.8. The Bertz CT molecular complexity index is 740. The van der Waals surface area contributed by atoms with Gasteiger partial charge in [-0.15, -0.1) is 0 Å². The molecule has 1 aromatic heterocycles. The molecule has 1 heterocycles. The summed E-state index contributed by atoms with van der Waals surface area (Å²) in [5.74, 6) is 0.351. The van der Waals surface area contributed by atoms with Gasteiger partial charge in [0.1, 0.15) is 5.75 Å². The number of carbonyl (C=O) groups excluding carboxylic acids is 1. The first-order valence-corrected chi connectivity index (χ1v) is 8.39. The molecule has 0 bridgehead atoms. The molecule has 134 valence electrons. The van der Waals surface area contributed by atoms with E-state index in [-0.39, 0.29) is 17.9 Å². The Morgan fingerprint density at radius 2 is 2.00 bits per heavy atom. The summed E-state index contributed by atoms with van der Waals surface area (Å²) in [4.78, 5) is 11.8. The topological polar surface area (TPSA) is 68.5 Å². The normalized spacial score (nSPS) is 11.7. The quantitative estimate of drug-likeness (QED) is 0.648. The molecular formula is C19H26N4O2. The molecule has 0 fully saturated rings. The van der Waals surface area contributed by atoms with Crippen molar-refractivity contribution >= 4 is 12.1 Å². The number of ether oxygens (including phenoxy) is 1. The molecule has 1 amide bonds. The predicted molar refractivity (Wildman–Crippen MR) is 99.0 cm³/mol. The molecule has 0 saturated carbocycles. The number of aryl methyl sites for hydroxylation is 1. The number of aromatic nitrogens is 2. The van der Waals surface area contributed by atoms with Gasteiger partial charge in [-0.1, -0.05) is 32.9 Å². The van der Waals surface area contributed by atoms with E-state index >= 15 is 0 Å². The molecule has 0 unspecified atom stereocenters. The fraction of sp³-hybridized carbons (Fsp3) is 0.421. The molecule has 2 aromatic rings. The average molecular weight is 342 g/mol. The summed E-state index contributed by atoms with van der Waals surface area (Å²) in [6.45, 7) is 11.2. The largest absolute Gasteiger partial charge is 0.484 e. The first-order chi connectivity index (χ1) is 11.8. The molecule has 6 heteroatoms. The van der Waals surface area contributed by atoms with Gasteiger partial charge in [0.15, 0.2) is 6.61 Å². The zero-order valence-electron chi connectivity index (χ0n) is 15.5. The van der Waals surface area contributed by atoms with E-state index in [0.29, 0.717) is 5.75 Å². The van der Waals surface area contributed by atoms with Crippen molar-refractivity contribution in [1.29, 1.82) is 0 Å². The summed E-state index contributed by atoms with van der Waals surface area (Å²) in [6.07, 6.45) is 3.31. The van der Waals surface area contributed by atoms with Gasteiger partial charge in [0.05, 0.1) is 12.4 Å². The van der Waals surface area contributed by atoms with Gasteiger partial charge in [0.25, 0.3) is 5.91 Å². The summed E-state index contributed by atoms with van der Waals surface area (Å²) >= 11 is 0. The zero-order chi connectivity index (χ0) is 18.4. The van der Waals surface area contributed by atoms with Gasteiger partial charge in [-0.05, 0) is 37.0 Å². The summed E-state index contributed by atoms with van der Waals surface area (Å²) in [6, 6.07) is 7.78. The number of hydrogen-bond acceptors (Lipinski definition) is 4. The van der Waals surface area contributed by atoms with E-state index < -0.39 is 0 Å². The second-order valence-electron chi connectivity index (χ2n) is 6.86. The molecule has 0 atom stereocenters. The number of benzene rings is 1. The lowest BCUT2D eigenvalue weighted by molar-refractivity contribution is -0.123. The predicted octanol–water partition coefficient (Wildman–Crippen LogP) is 3.04. The number of nitrogens with zero attached hydrogens (tertiary/aromatic N) is 3. The van der Waals surface area contributed by atoms with Crippen LogP contribution in [0.5, 0.6) is 5.75 Å². The van der Waals surface area contributed by atoms with Crippen LogP contribution in [0.15, 0.2) is 35.6 Å². The van der Waals surface area contributed by atoms with Crippen LogP contribution in [0.3, 0.4) is 0 Å². The van der Waals surface area contributed by atoms with E-state index in [1.54, 1.807) is 12.4 Å². The van der Waals surface area contributed by atoms with E-state index in [4.69, 9.17) is 4.74 Å². The lowest BCUT2D eigenvalue weighted by atomic mass is 9.87. The Balaban J connectivity index is 1.82. The minimum absolute atomic E-state index is 0.0839. The smallest absolute Gasteiger partial charge is 0.277 e. The third-order valence-corrected chi connectivity index (χ3v) is 3.92. The standard InChI is InChI=1S/C19H26N4O2/c1-6-23-14(2)15(12-21-23)11-20-22-18(24)13-25-17-9-7-16(8-10-17)19(3,4)5/h7-12H,6,13H2,1-5H3,(H,22,24)/b20-11-. The van der Waals surface area contributed by atoms with Crippen LogP contribution < -0.4 is 10.2 Å². The summed E-state index contributed by atoms with van der Waals surface area (Å²) in [7, 11) is 0. The van der Waals surface area contributed by atoms with Gasteiger partial charge in [0.2, 0.25) is 0 Å². The molecule has 2 rings (SSSR count). The molecule has 25 heavy (non-hydrogen) atoms. The number of nitrogens with one attached hydrogen (secondary N) is 1. The SMILES string of the molecule is CCn1ncc(/C=N\NC(=O)COc2ccc(C(C)(C)C)cc2)c1C. The van der Waals surface area contributed by atoms with Crippen LogP contribution in [-0.2, 0) is 16.8 Å². The minimum Gasteiger partial charge on any atom is -0.484 e. The summed E-state index contributed by atoms with van der Waals surface area (Å²) in [5, 5.41) is 8.17. The van der Waals surface area contributed by atoms with Crippen LogP contribution in [0, 0.1) is 6.92 Å². The molecular weight excluding hydrogens is 316 g/mol. The van der Waals surface area contributed by atoms with Crippen molar-refractivity contribution in [3.05, 3.63) is 47.3 Å². The van der Waals surface area contributed by atoms with Crippen molar-refractivity contribution in [2.24, 2.45) is 5.10 Å². The highest BCUT2D eigenvalue weighted by molar-refractivity contribution is 5.83. The highest BCUT2D eigenvalue weighted by atomic mass is 16.5. The minimum atomic E-state index is -0.309. The molecule has 0 aliphatic carbocycles. The van der Waals surface area contributed by atoms with Gasteiger partial charge in [-0.3, -0.25) is 9.48 Å². The Morgan fingerprint density at radius 1 is 1.32 bits per heavy atom. The summed E-state index contributed by atoms with van der Waals surface area (Å²) < 4.78 is 7.35. The van der Waals surface area contributed by atoms with Crippen molar-refractivity contribution in [3.63, 3.8) is 0 Å². The van der Waals surface area contributed by atoms with E-state index in [2.05, 4.69) is 36.4 Å². The van der Waals surface area contributed by atoms with E-state index in [1.807, 2.05) is 42.8 Å². The second-order valence-corrected chi connectivity index (χ2v) is 6.86. The van der Waals surface area contributed by atoms with Crippen LogP contribution in [0.4, 0.5) is 0 Å². The average Bonchev–Trinajstić information content (AvgIpc) is 2.93. The highest BCUT2D eigenvalue weighted by Crippen LogP contribution is 2.24. The van der Waals surface area contributed by atoms with Gasteiger partial charge in [-0.25, -0.2) is 5.43 Å². The number of amides is 1. The van der Waals surface area contributed by atoms with Crippen LogP contribution >= 0.6 is 0 Å². The number of carbonyl (C=O) groups is 1. The summed E-state index contributed by atoms with van der Waals surface area (Å²) in [5.41, 5.74) is 5.66. The van der Waals surface area contributed by atoms with Gasteiger partial charge < -0.3 is 4.74 Å². The van der Waals surface area contributed by atoms with Crippen molar-refractivity contribution < 1.29 is 9.53 Å². The highest BCUT2D eigenvalue weighted by Gasteiger charge is 2.13. The molecule has 1 aromatic carbocycles. The van der Waals surface area contributed by atoms with E-state index in [9.17, 15) is 4.79 Å². The third-order valence-electron chi connectivity index (χ3n) is 3.92. The van der Waals surface area contributed by atoms with Crippen LogP contribution in [-0.4, -0.2) is 28.5 Å². The fourth-order valence-corrected chi connectivity index (χ4v) is 2.31. The second kappa shape index (κ2) is 7.96. The maximum Gasteiger partial charge on any atom is 0.277 e. The molecule has 6 nitrogen and oxygen atoms in total. The zero-order valence-corrected chi connectivity index (χ0v) is 15.5. The lowest BCUT2D eigenvalue weighted by Gasteiger charge is -2.19. The van der Waals surface area contributed by atoms with Crippen molar-refractivity contribution in [1.82, 2.24) is 15.2 Å². The van der Waals surface area contributed by atoms with Crippen LogP contribution in [0.25, 0.3) is 0 Å². The third kappa shape index (κ3) is 5.17. The van der Waals surface area contributed by atoms with Crippen LogP contribution in [0.1, 0.15) is 44.5 Å². The molecule has 0 aliphatic heterocycles. The van der Waals surface area contributed by atoms with Crippen molar-refractivity contribution in [2.75, 3.05) is 6.61 Å². The van der Waals surface area contributed by atoms with E-state index in [0.717, 1.165) is 17.8 Å². The van der Waals surface area contributed by atoms with Crippen molar-refractivity contribution in [3.8, 4) is 5.75 Å². The molecule has 0 radical (unpaired) electrons. The first-order valence-electron chi connectivity index (χ1n) is 8.39. The Kier molecular flexibility index (Phi) is 5.96. The number of rotatable bonds is 6. The van der Waals surface area contributed by atoms with Gasteiger partial charge in [-0.2, -0.15) is 10.2 Å². The Hall–Kier alpha value is -2.63. The lowest BCUT2D eigenvalue weighted by Crippen LogP contribution is -2.24. The molecule has 1 N–H and O–H groups in total. The van der Waals surface area contributed by atoms with Crippen molar-refractivity contribution in [2.45, 2.75) is 46.6 Å². The fourth-order valence-electron chi connectivity index (χ4n) is 2.31. The first kappa shape index (κ1) is 18.7. The maximum absolute atomic E-state index is 11.8. The number of hydrazone groups is 1. The monoisotopic (exact) mass is 342 g/mol. The Labute approximate surface area is 148 Å². The van der Waals surface area contributed by atoms with E-state index in [1.165, 1.54) is 5.56 Å². The van der Waals surface area contributed by atoms with Crippen LogP contribution in [0.2, 0.25) is 0 Å². The van der Waals surface area contributed by atoms with Gasteiger partial charge in [0, 0.05) is 17.8 Å². The molecule has 0 saturated heterocycles. The Morgan fingerprint density at radius 3 is 2.56 bits per heavy atom. The molecule has 0 spiro atoms. The number of hydrogen-bond donors (Lipinski definition) is 1.